The number of alkyl halides is 11. The first-order valence-electron chi connectivity index (χ1n) is 4.46. The number of hydrogen-bond acceptors (Lipinski definition) is 2. The van der Waals surface area contributed by atoms with Gasteiger partial charge in [-0.2, -0.15) is 57.1 Å². The minimum absolute atomic E-state index is 0.580. The van der Waals surface area contributed by atoms with Crippen LogP contribution in [0.2, 0.25) is 0 Å². The minimum Gasteiger partial charge on any atom is -0.398 e. The van der Waals surface area contributed by atoms with Crippen molar-refractivity contribution in [2.75, 3.05) is 0 Å². The van der Waals surface area contributed by atoms with Gasteiger partial charge < -0.3 is 4.74 Å². The Morgan fingerprint density at radius 2 is 1.09 bits per heavy atom. The van der Waals surface area contributed by atoms with E-state index in [0.29, 0.717) is 0 Å². The fourth-order valence-corrected chi connectivity index (χ4v) is 0.844. The molecule has 0 N–H and O–H groups in total. The third-order valence-corrected chi connectivity index (χ3v) is 2.33. The van der Waals surface area contributed by atoms with E-state index in [1.54, 1.807) is 0 Å². The summed E-state index contributed by atoms with van der Waals surface area (Å²) in [5.41, 5.74) is 0. The van der Waals surface area contributed by atoms with Crippen LogP contribution in [0.15, 0.2) is 12.1 Å². The van der Waals surface area contributed by atoms with Crippen molar-refractivity contribution >= 4 is 22.6 Å². The largest absolute Gasteiger partial charge is 0.471 e. The molecule has 0 radical (unpaired) electrons. The molecule has 0 aliphatic carbocycles. The lowest BCUT2D eigenvalue weighted by molar-refractivity contribution is -0.508. The van der Waals surface area contributed by atoms with Gasteiger partial charge in [0.15, 0.2) is 0 Å². The highest BCUT2D eigenvalue weighted by molar-refractivity contribution is 14.1. The van der Waals surface area contributed by atoms with Crippen LogP contribution < -0.4 is 0 Å². The van der Waals surface area contributed by atoms with Crippen LogP contribution in [0.25, 0.3) is 0 Å². The molecule has 0 bridgehead atoms. The van der Waals surface area contributed by atoms with Gasteiger partial charge in [-0.15, -0.1) is 0 Å². The molecule has 0 spiro atoms. The molecule has 0 saturated heterocycles. The Bertz CT molecular complexity index is 462. The van der Waals surface area contributed by atoms with E-state index in [1.165, 1.54) is 0 Å². The van der Waals surface area contributed by atoms with E-state index in [1.807, 2.05) is 9.47 Å². The van der Waals surface area contributed by atoms with Crippen LogP contribution >= 0.6 is 22.6 Å². The zero-order valence-corrected chi connectivity index (χ0v) is 11.8. The second-order valence-corrected chi connectivity index (χ2v) is 4.72. The molecule has 0 heterocycles. The van der Waals surface area contributed by atoms with E-state index >= 15 is 0 Å². The summed E-state index contributed by atoms with van der Waals surface area (Å²) in [7, 11) is 0. The highest BCUT2D eigenvalue weighted by Gasteiger charge is 2.80. The molecule has 0 aromatic carbocycles. The molecule has 1 unspecified atom stereocenters. The Labute approximate surface area is 130 Å². The number of ether oxygens (including phenoxy) is 2. The monoisotopic (exact) mass is 490 g/mol. The Morgan fingerprint density at radius 1 is 0.696 bits per heavy atom. The van der Waals surface area contributed by atoms with Gasteiger partial charge in [-0.25, -0.2) is 0 Å². The molecule has 16 heteroatoms. The van der Waals surface area contributed by atoms with Crippen molar-refractivity contribution in [3.63, 3.8) is 0 Å². The van der Waals surface area contributed by atoms with Crippen LogP contribution in [-0.2, 0) is 9.47 Å². The molecule has 23 heavy (non-hydrogen) atoms. The SMILES string of the molecule is FC(F)=C(F)OC(F)(F)C(F)(OC(F)(F)C(F)(F)I)C(F)(F)F. The van der Waals surface area contributed by atoms with Crippen LogP contribution in [0.1, 0.15) is 0 Å². The minimum atomic E-state index is -7.23. The lowest BCUT2D eigenvalue weighted by atomic mass is 10.2. The molecule has 0 rings (SSSR count). The van der Waals surface area contributed by atoms with Gasteiger partial charge in [0.1, 0.15) is 0 Å². The van der Waals surface area contributed by atoms with Gasteiger partial charge in [0, 0.05) is 22.6 Å². The second-order valence-electron chi connectivity index (χ2n) is 3.36. The van der Waals surface area contributed by atoms with Gasteiger partial charge >= 0.3 is 40.3 Å². The summed E-state index contributed by atoms with van der Waals surface area (Å²) < 4.78 is 159. The highest BCUT2D eigenvalue weighted by Crippen LogP contribution is 2.53. The maximum atomic E-state index is 13.3. The lowest BCUT2D eigenvalue weighted by Crippen LogP contribution is -2.62. The summed E-state index contributed by atoms with van der Waals surface area (Å²) in [6.07, 6.45) is -24.5. The molecule has 0 aromatic heterocycles. The molecule has 0 aromatic rings. The van der Waals surface area contributed by atoms with Crippen molar-refractivity contribution in [2.45, 2.75) is 28.2 Å². The van der Waals surface area contributed by atoms with Crippen LogP contribution in [0.5, 0.6) is 0 Å². The van der Waals surface area contributed by atoms with Gasteiger partial charge in [-0.1, -0.05) is 0 Å². The smallest absolute Gasteiger partial charge is 0.398 e. The molecular formula is C7F13IO2. The lowest BCUT2D eigenvalue weighted by Gasteiger charge is -2.36. The first kappa shape index (κ1) is 22.3. The summed E-state index contributed by atoms with van der Waals surface area (Å²) in [6, 6.07) is -3.78. The Morgan fingerprint density at radius 3 is 1.35 bits per heavy atom. The van der Waals surface area contributed by atoms with E-state index in [4.69, 9.17) is 0 Å². The molecule has 0 fully saturated rings. The van der Waals surface area contributed by atoms with E-state index < -0.39 is 62.9 Å². The summed E-state index contributed by atoms with van der Waals surface area (Å²) in [5.74, 6) is -7.11. The van der Waals surface area contributed by atoms with Crippen LogP contribution in [0.4, 0.5) is 57.1 Å². The molecular weight excluding hydrogens is 490 g/mol. The maximum absolute atomic E-state index is 13.3. The van der Waals surface area contributed by atoms with Gasteiger partial charge in [0.2, 0.25) is 0 Å². The van der Waals surface area contributed by atoms with Gasteiger partial charge in [0.05, 0.1) is 0 Å². The zero-order chi connectivity index (χ0) is 19.1. The molecule has 2 nitrogen and oxygen atoms in total. The number of halogens is 14. The van der Waals surface area contributed by atoms with E-state index in [0.717, 1.165) is 0 Å². The summed E-state index contributed by atoms with van der Waals surface area (Å²) in [5, 5.41) is 0. The van der Waals surface area contributed by atoms with Gasteiger partial charge in [-0.05, 0) is 0 Å². The number of rotatable bonds is 6. The summed E-state index contributed by atoms with van der Waals surface area (Å²) in [6.45, 7) is 0. The zero-order valence-electron chi connectivity index (χ0n) is 9.61. The summed E-state index contributed by atoms with van der Waals surface area (Å²) >= 11 is -0.580. The fourth-order valence-electron chi connectivity index (χ4n) is 0.734. The van der Waals surface area contributed by atoms with Gasteiger partial charge in [-0.3, -0.25) is 4.74 Å². The fraction of sp³-hybridized carbons (Fsp3) is 0.714. The normalized spacial score (nSPS) is 16.8. The molecule has 138 valence electrons. The average molecular weight is 490 g/mol. The molecule has 0 amide bonds. The molecule has 0 aliphatic rings. The van der Waals surface area contributed by atoms with E-state index in [-0.39, 0.29) is 0 Å². The third-order valence-electron chi connectivity index (χ3n) is 1.70. The van der Waals surface area contributed by atoms with Crippen LogP contribution in [0.3, 0.4) is 0 Å². The predicted octanol–water partition coefficient (Wildman–Crippen LogP) is 5.50. The highest BCUT2D eigenvalue weighted by atomic mass is 127. The first-order chi connectivity index (χ1) is 9.78. The first-order valence-corrected chi connectivity index (χ1v) is 5.54. The Hall–Kier alpha value is -0.680. The third kappa shape index (κ3) is 4.66. The number of hydrogen-bond donors (Lipinski definition) is 0. The van der Waals surface area contributed by atoms with Crippen molar-refractivity contribution in [1.82, 2.24) is 0 Å². The van der Waals surface area contributed by atoms with Crippen LogP contribution in [0, 0.1) is 0 Å². The predicted molar refractivity (Wildman–Crippen MR) is 51.3 cm³/mol. The van der Waals surface area contributed by atoms with E-state index in [2.05, 4.69) is 0 Å². The van der Waals surface area contributed by atoms with Crippen molar-refractivity contribution in [1.29, 1.82) is 0 Å². The summed E-state index contributed by atoms with van der Waals surface area (Å²) in [4.78, 5) is 0. The maximum Gasteiger partial charge on any atom is 0.471 e. The second kappa shape index (κ2) is 6.32. The topological polar surface area (TPSA) is 18.5 Å². The average Bonchev–Trinajstić information content (AvgIpc) is 2.23. The standard InChI is InChI=1S/C7F13IO2/c8-1(9)2(10)22-6(17,18)3(11,4(12,13)14)23-7(19,20)5(15,16)21. The van der Waals surface area contributed by atoms with Crippen LogP contribution in [-0.4, -0.2) is 28.2 Å². The van der Waals surface area contributed by atoms with Gasteiger partial charge in [0.25, 0.3) is 0 Å². The Kier molecular flexibility index (Phi) is 6.13. The molecule has 1 atom stereocenters. The van der Waals surface area contributed by atoms with Crippen molar-refractivity contribution in [3.8, 4) is 0 Å². The molecule has 0 aliphatic heterocycles. The Balaban J connectivity index is 6.01. The van der Waals surface area contributed by atoms with Crippen molar-refractivity contribution < 1.29 is 66.5 Å². The molecule has 0 saturated carbocycles. The van der Waals surface area contributed by atoms with Crippen molar-refractivity contribution in [3.05, 3.63) is 12.1 Å². The van der Waals surface area contributed by atoms with E-state index in [9.17, 15) is 57.1 Å². The quantitative estimate of drug-likeness (QED) is 0.212. The van der Waals surface area contributed by atoms with Crippen molar-refractivity contribution in [2.24, 2.45) is 0 Å².